The van der Waals surface area contributed by atoms with Gasteiger partial charge in [-0.3, -0.25) is 10.1 Å². The smallest absolute Gasteiger partial charge is 0.314 e. The molecule has 1 fully saturated rings. The van der Waals surface area contributed by atoms with Crippen molar-refractivity contribution in [1.29, 1.82) is 0 Å². The number of nitro groups is 1. The lowest BCUT2D eigenvalue weighted by atomic mass is 10.0. The first-order chi connectivity index (χ1) is 8.13. The summed E-state index contributed by atoms with van der Waals surface area (Å²) in [5.74, 6) is -0.276. The van der Waals surface area contributed by atoms with E-state index in [-0.39, 0.29) is 17.5 Å². The van der Waals surface area contributed by atoms with Crippen LogP contribution in [-0.4, -0.2) is 23.7 Å². The Balaban J connectivity index is 2.46. The SMILES string of the molecule is COc1cc(C2CCCN2)cc([N+](=O)[O-])c1O. The van der Waals surface area contributed by atoms with Crippen molar-refractivity contribution in [3.63, 3.8) is 0 Å². The highest BCUT2D eigenvalue weighted by molar-refractivity contribution is 5.57. The van der Waals surface area contributed by atoms with Crippen molar-refractivity contribution in [2.45, 2.75) is 18.9 Å². The molecule has 0 amide bonds. The fourth-order valence-electron chi connectivity index (χ4n) is 2.08. The number of benzene rings is 1. The number of hydrogen-bond acceptors (Lipinski definition) is 5. The van der Waals surface area contributed by atoms with Gasteiger partial charge in [-0.25, -0.2) is 0 Å². The Kier molecular flexibility index (Phi) is 3.14. The number of nitro benzene ring substituents is 1. The van der Waals surface area contributed by atoms with E-state index >= 15 is 0 Å². The summed E-state index contributed by atoms with van der Waals surface area (Å²) in [5, 5.41) is 23.7. The molecule has 6 nitrogen and oxygen atoms in total. The minimum atomic E-state index is -0.601. The average Bonchev–Trinajstić information content (AvgIpc) is 2.82. The van der Waals surface area contributed by atoms with Gasteiger partial charge in [0, 0.05) is 12.1 Å². The molecule has 6 heteroatoms. The van der Waals surface area contributed by atoms with Crippen LogP contribution >= 0.6 is 0 Å². The van der Waals surface area contributed by atoms with Crippen LogP contribution < -0.4 is 10.1 Å². The van der Waals surface area contributed by atoms with Crippen LogP contribution in [0.2, 0.25) is 0 Å². The van der Waals surface area contributed by atoms with E-state index in [1.54, 1.807) is 6.07 Å². The quantitative estimate of drug-likeness (QED) is 0.618. The first-order valence-electron chi connectivity index (χ1n) is 5.42. The maximum absolute atomic E-state index is 10.8. The molecule has 0 aromatic heterocycles. The van der Waals surface area contributed by atoms with Crippen LogP contribution in [0.15, 0.2) is 12.1 Å². The number of ether oxygens (including phenoxy) is 1. The summed E-state index contributed by atoms with van der Waals surface area (Å²) in [5.41, 5.74) is 0.469. The predicted octanol–water partition coefficient (Wildman–Crippen LogP) is 1.73. The highest BCUT2D eigenvalue weighted by atomic mass is 16.6. The van der Waals surface area contributed by atoms with E-state index in [9.17, 15) is 15.2 Å². The van der Waals surface area contributed by atoms with E-state index in [4.69, 9.17) is 4.74 Å². The lowest BCUT2D eigenvalue weighted by Crippen LogP contribution is -2.13. The van der Waals surface area contributed by atoms with Gasteiger partial charge in [0.25, 0.3) is 0 Å². The second-order valence-electron chi connectivity index (χ2n) is 4.00. The zero-order valence-electron chi connectivity index (χ0n) is 9.47. The summed E-state index contributed by atoms with van der Waals surface area (Å²) < 4.78 is 4.95. The third-order valence-corrected chi connectivity index (χ3v) is 2.96. The number of phenolic OH excluding ortho intramolecular Hbond substituents is 1. The molecule has 1 aliphatic heterocycles. The fourth-order valence-corrected chi connectivity index (χ4v) is 2.08. The lowest BCUT2D eigenvalue weighted by molar-refractivity contribution is -0.386. The van der Waals surface area contributed by atoms with Crippen molar-refractivity contribution in [2.75, 3.05) is 13.7 Å². The molecule has 1 heterocycles. The van der Waals surface area contributed by atoms with Crippen molar-refractivity contribution >= 4 is 5.69 Å². The first-order valence-corrected chi connectivity index (χ1v) is 5.42. The van der Waals surface area contributed by atoms with E-state index in [0.717, 1.165) is 24.9 Å². The Labute approximate surface area is 98.4 Å². The van der Waals surface area contributed by atoms with Crippen LogP contribution in [0.25, 0.3) is 0 Å². The summed E-state index contributed by atoms with van der Waals surface area (Å²) in [4.78, 5) is 10.2. The van der Waals surface area contributed by atoms with Crippen molar-refractivity contribution in [2.24, 2.45) is 0 Å². The van der Waals surface area contributed by atoms with Gasteiger partial charge in [-0.15, -0.1) is 0 Å². The summed E-state index contributed by atoms with van der Waals surface area (Å²) >= 11 is 0. The number of phenols is 1. The maximum Gasteiger partial charge on any atom is 0.314 e. The van der Waals surface area contributed by atoms with Crippen LogP contribution in [0.3, 0.4) is 0 Å². The first kappa shape index (κ1) is 11.7. The van der Waals surface area contributed by atoms with E-state index < -0.39 is 10.7 Å². The molecule has 1 unspecified atom stereocenters. The standard InChI is InChI=1S/C11H14N2O4/c1-17-10-6-7(8-3-2-4-12-8)5-9(11(10)14)13(15)16/h5-6,8,12,14H,2-4H2,1H3. The highest BCUT2D eigenvalue weighted by Gasteiger charge is 2.24. The van der Waals surface area contributed by atoms with E-state index in [1.165, 1.54) is 13.2 Å². The third-order valence-electron chi connectivity index (χ3n) is 2.96. The van der Waals surface area contributed by atoms with E-state index in [1.807, 2.05) is 0 Å². The van der Waals surface area contributed by atoms with Gasteiger partial charge in [0.1, 0.15) is 0 Å². The van der Waals surface area contributed by atoms with Crippen LogP contribution in [0.1, 0.15) is 24.4 Å². The van der Waals surface area contributed by atoms with Crippen LogP contribution in [0.4, 0.5) is 5.69 Å². The molecule has 1 aromatic rings. The molecule has 1 aliphatic rings. The topological polar surface area (TPSA) is 84.6 Å². The Morgan fingerprint density at radius 1 is 1.59 bits per heavy atom. The Morgan fingerprint density at radius 2 is 2.35 bits per heavy atom. The summed E-state index contributed by atoms with van der Waals surface area (Å²) in [6.45, 7) is 0.904. The zero-order valence-corrected chi connectivity index (χ0v) is 9.47. The zero-order chi connectivity index (χ0) is 12.4. The molecule has 0 spiro atoms. The molecule has 1 atom stereocenters. The van der Waals surface area contributed by atoms with Gasteiger partial charge in [0.15, 0.2) is 5.75 Å². The number of aromatic hydroxyl groups is 1. The Hall–Kier alpha value is -1.82. The summed E-state index contributed by atoms with van der Waals surface area (Å²) in [6, 6.07) is 3.15. The average molecular weight is 238 g/mol. The molecule has 0 saturated carbocycles. The minimum absolute atomic E-state index is 0.100. The van der Waals surface area contributed by atoms with Gasteiger partial charge < -0.3 is 15.2 Å². The van der Waals surface area contributed by atoms with Gasteiger partial charge in [-0.05, 0) is 31.0 Å². The summed E-state index contributed by atoms with van der Waals surface area (Å²) in [7, 11) is 1.38. The molecular weight excluding hydrogens is 224 g/mol. The highest BCUT2D eigenvalue weighted by Crippen LogP contribution is 2.39. The predicted molar refractivity (Wildman–Crippen MR) is 61.3 cm³/mol. The van der Waals surface area contributed by atoms with Crippen LogP contribution in [-0.2, 0) is 0 Å². The molecule has 92 valence electrons. The second kappa shape index (κ2) is 4.58. The Morgan fingerprint density at radius 3 is 2.88 bits per heavy atom. The number of hydrogen-bond donors (Lipinski definition) is 2. The van der Waals surface area contributed by atoms with E-state index in [2.05, 4.69) is 5.32 Å². The largest absolute Gasteiger partial charge is 0.500 e. The molecular formula is C11H14N2O4. The van der Waals surface area contributed by atoms with Gasteiger partial charge >= 0.3 is 5.69 Å². The number of nitrogens with one attached hydrogen (secondary N) is 1. The van der Waals surface area contributed by atoms with Crippen molar-refractivity contribution in [3.05, 3.63) is 27.8 Å². The normalized spacial score (nSPS) is 19.2. The van der Waals surface area contributed by atoms with Crippen LogP contribution in [0, 0.1) is 10.1 Å². The molecule has 1 aromatic carbocycles. The van der Waals surface area contributed by atoms with Crippen molar-refractivity contribution in [3.8, 4) is 11.5 Å². The van der Waals surface area contributed by atoms with Crippen molar-refractivity contribution in [1.82, 2.24) is 5.32 Å². The molecule has 1 saturated heterocycles. The van der Waals surface area contributed by atoms with Gasteiger partial charge in [-0.1, -0.05) is 0 Å². The molecule has 0 radical (unpaired) electrons. The fraction of sp³-hybridized carbons (Fsp3) is 0.455. The molecule has 2 rings (SSSR count). The maximum atomic E-state index is 10.8. The number of rotatable bonds is 3. The lowest BCUT2D eigenvalue weighted by Gasteiger charge is -2.13. The van der Waals surface area contributed by atoms with Gasteiger partial charge in [0.2, 0.25) is 5.75 Å². The Bertz CT molecular complexity index is 441. The van der Waals surface area contributed by atoms with E-state index in [0.29, 0.717) is 0 Å². The third kappa shape index (κ3) is 2.16. The number of methoxy groups -OCH3 is 1. The molecule has 0 aliphatic carbocycles. The van der Waals surface area contributed by atoms with Gasteiger partial charge in [-0.2, -0.15) is 0 Å². The number of nitrogens with zero attached hydrogens (tertiary/aromatic N) is 1. The second-order valence-corrected chi connectivity index (χ2v) is 4.00. The van der Waals surface area contributed by atoms with Crippen LogP contribution in [0.5, 0.6) is 11.5 Å². The molecule has 17 heavy (non-hydrogen) atoms. The molecule has 0 bridgehead atoms. The monoisotopic (exact) mass is 238 g/mol. The molecule has 2 N–H and O–H groups in total. The summed E-state index contributed by atoms with van der Waals surface area (Å²) in [6.07, 6.45) is 1.98. The van der Waals surface area contributed by atoms with Crippen molar-refractivity contribution < 1.29 is 14.8 Å². The minimum Gasteiger partial charge on any atom is -0.500 e. The van der Waals surface area contributed by atoms with Gasteiger partial charge in [0.05, 0.1) is 12.0 Å².